The lowest BCUT2D eigenvalue weighted by molar-refractivity contribution is -0.132. The monoisotopic (exact) mass is 695 g/mol. The number of benzene rings is 3. The van der Waals surface area contributed by atoms with Crippen molar-refractivity contribution in [2.24, 2.45) is 4.99 Å². The molecule has 1 aliphatic rings. The summed E-state index contributed by atoms with van der Waals surface area (Å²) in [6, 6.07) is 19.8. The lowest BCUT2D eigenvalue weighted by atomic mass is 9.83. The SMILES string of the molecule is [CH2][C@@H](c1ccc(Cl)c(-n2ncnc2C(F)F)c1)N1C(=O)[C@@](CC(=C)C)(c2ccc(-c3cnccn3)cc2)N/C1=N/C(=O)OCc1ccccc1. The maximum atomic E-state index is 14.8. The summed E-state index contributed by atoms with van der Waals surface area (Å²) in [4.78, 5) is 45.5. The van der Waals surface area contributed by atoms with Gasteiger partial charge in [0.15, 0.2) is 5.82 Å². The molecule has 1 N–H and O–H groups in total. The van der Waals surface area contributed by atoms with Crippen molar-refractivity contribution in [2.75, 3.05) is 0 Å². The molecule has 2 amide bonds. The van der Waals surface area contributed by atoms with Crippen LogP contribution in [0.3, 0.4) is 0 Å². The van der Waals surface area contributed by atoms with E-state index in [1.807, 2.05) is 30.3 Å². The molecule has 50 heavy (non-hydrogen) atoms. The van der Waals surface area contributed by atoms with E-state index in [1.54, 1.807) is 55.8 Å². The highest BCUT2D eigenvalue weighted by molar-refractivity contribution is 6.32. The van der Waals surface area contributed by atoms with Crippen molar-refractivity contribution in [3.63, 3.8) is 0 Å². The number of carbonyl (C=O) groups excluding carboxylic acids is 2. The minimum Gasteiger partial charge on any atom is -0.443 e. The first-order valence-electron chi connectivity index (χ1n) is 15.3. The molecule has 6 rings (SSSR count). The van der Waals surface area contributed by atoms with Crippen molar-refractivity contribution in [1.82, 2.24) is 34.9 Å². The number of halogens is 3. The maximum Gasteiger partial charge on any atom is 0.437 e. The van der Waals surface area contributed by atoms with Crippen LogP contribution in [0.5, 0.6) is 0 Å². The Morgan fingerprint density at radius 2 is 1.84 bits per heavy atom. The van der Waals surface area contributed by atoms with Gasteiger partial charge in [-0.2, -0.15) is 5.10 Å². The summed E-state index contributed by atoms with van der Waals surface area (Å²) >= 11 is 6.43. The van der Waals surface area contributed by atoms with E-state index in [0.717, 1.165) is 22.1 Å². The summed E-state index contributed by atoms with van der Waals surface area (Å²) < 4.78 is 33.8. The smallest absolute Gasteiger partial charge is 0.437 e. The number of hydrogen-bond acceptors (Lipinski definition) is 7. The second kappa shape index (κ2) is 14.3. The Hall–Kier alpha value is -5.82. The minimum atomic E-state index is -2.93. The number of nitrogens with zero attached hydrogens (tertiary/aromatic N) is 7. The molecule has 1 fully saturated rings. The van der Waals surface area contributed by atoms with Gasteiger partial charge in [0.1, 0.15) is 18.5 Å². The van der Waals surface area contributed by atoms with E-state index in [9.17, 15) is 18.4 Å². The number of ether oxygens (including phenoxy) is 1. The lowest BCUT2D eigenvalue weighted by Crippen LogP contribution is -2.44. The van der Waals surface area contributed by atoms with Crippen LogP contribution in [0.1, 0.15) is 48.3 Å². The maximum absolute atomic E-state index is 14.8. The van der Waals surface area contributed by atoms with E-state index in [4.69, 9.17) is 16.3 Å². The van der Waals surface area contributed by atoms with E-state index in [-0.39, 0.29) is 29.7 Å². The number of aliphatic imine (C=N–C) groups is 1. The van der Waals surface area contributed by atoms with Crippen LogP contribution < -0.4 is 5.32 Å². The van der Waals surface area contributed by atoms with Gasteiger partial charge in [0.25, 0.3) is 12.3 Å². The average Bonchev–Trinajstić information content (AvgIpc) is 3.71. The first-order chi connectivity index (χ1) is 24.1. The summed E-state index contributed by atoms with van der Waals surface area (Å²) in [5.41, 5.74) is 2.38. The van der Waals surface area contributed by atoms with E-state index < -0.39 is 35.8 Å². The molecule has 0 unspecified atom stereocenters. The number of hydrogen-bond donors (Lipinski definition) is 1. The van der Waals surface area contributed by atoms with Gasteiger partial charge in [0.2, 0.25) is 5.96 Å². The largest absolute Gasteiger partial charge is 0.443 e. The summed E-state index contributed by atoms with van der Waals surface area (Å²) in [7, 11) is 0. The molecule has 253 valence electrons. The molecule has 5 aromatic rings. The van der Waals surface area contributed by atoms with Gasteiger partial charge in [-0.1, -0.05) is 77.8 Å². The number of amides is 2. The molecule has 0 saturated carbocycles. The predicted molar refractivity (Wildman–Crippen MR) is 182 cm³/mol. The van der Waals surface area contributed by atoms with Gasteiger partial charge in [0, 0.05) is 24.4 Å². The first-order valence-corrected chi connectivity index (χ1v) is 15.7. The fraction of sp³-hybridized carbons (Fsp3) is 0.167. The van der Waals surface area contributed by atoms with E-state index in [2.05, 4.69) is 43.9 Å². The molecule has 2 atom stereocenters. The van der Waals surface area contributed by atoms with Crippen LogP contribution in [0.25, 0.3) is 16.9 Å². The van der Waals surface area contributed by atoms with Crippen LogP contribution >= 0.6 is 11.6 Å². The zero-order chi connectivity index (χ0) is 35.4. The second-order valence-corrected chi connectivity index (χ2v) is 11.9. The molecule has 11 nitrogen and oxygen atoms in total. The quantitative estimate of drug-likeness (QED) is 0.152. The molecule has 2 aromatic heterocycles. The number of rotatable bonds is 10. The third-order valence-corrected chi connectivity index (χ3v) is 8.33. The van der Waals surface area contributed by atoms with Crippen LogP contribution in [0.15, 0.2) is 115 Å². The molecule has 0 bridgehead atoms. The Bertz CT molecular complexity index is 2060. The Morgan fingerprint density at radius 3 is 2.52 bits per heavy atom. The van der Waals surface area contributed by atoms with Crippen molar-refractivity contribution in [3.05, 3.63) is 144 Å². The Balaban J connectivity index is 1.42. The molecule has 14 heteroatoms. The topological polar surface area (TPSA) is 127 Å². The van der Waals surface area contributed by atoms with Gasteiger partial charge in [-0.15, -0.1) is 11.6 Å². The Morgan fingerprint density at radius 1 is 1.08 bits per heavy atom. The highest BCUT2D eigenvalue weighted by Crippen LogP contribution is 2.40. The van der Waals surface area contributed by atoms with Crippen molar-refractivity contribution >= 4 is 29.6 Å². The molecule has 0 spiro atoms. The molecule has 0 aliphatic carbocycles. The Labute approximate surface area is 291 Å². The van der Waals surface area contributed by atoms with Gasteiger partial charge in [0.05, 0.1) is 28.6 Å². The van der Waals surface area contributed by atoms with Crippen molar-refractivity contribution < 1.29 is 23.1 Å². The molecule has 1 radical (unpaired) electrons. The first kappa shape index (κ1) is 34.1. The highest BCUT2D eigenvalue weighted by Gasteiger charge is 2.53. The van der Waals surface area contributed by atoms with Crippen LogP contribution in [-0.2, 0) is 21.7 Å². The molecule has 3 aromatic carbocycles. The lowest BCUT2D eigenvalue weighted by Gasteiger charge is -2.29. The van der Waals surface area contributed by atoms with E-state index in [1.165, 1.54) is 17.0 Å². The van der Waals surface area contributed by atoms with Crippen molar-refractivity contribution in [1.29, 1.82) is 0 Å². The standard InChI is InChI=1S/C36H30ClF2N8O3/c1-22(2)18-36(27-12-9-25(10-13-27)29-19-40-15-16-41-29)33(48)46(34(45-36)44-35(49)50-20-24-7-5-4-6-8-24)23(3)26-11-14-28(37)30(17-26)47-32(31(38)39)42-21-43-47/h4-17,19,21,23,31H,1,3,18,20H2,2H3,(H,44,45,49)/t23-,36+/m0/s1. The Kier molecular flexibility index (Phi) is 9.77. The van der Waals surface area contributed by atoms with Crippen LogP contribution in [-0.4, -0.2) is 47.6 Å². The number of guanidine groups is 1. The third kappa shape index (κ3) is 6.85. The van der Waals surface area contributed by atoms with Gasteiger partial charge in [-0.05, 0) is 42.7 Å². The van der Waals surface area contributed by atoms with Crippen LogP contribution in [0, 0.1) is 6.92 Å². The third-order valence-electron chi connectivity index (χ3n) is 8.01. The zero-order valence-corrected chi connectivity index (χ0v) is 27.5. The fourth-order valence-corrected chi connectivity index (χ4v) is 5.89. The van der Waals surface area contributed by atoms with Gasteiger partial charge in [-0.25, -0.2) is 23.2 Å². The summed E-state index contributed by atoms with van der Waals surface area (Å²) in [6.07, 6.45) is 2.02. The highest BCUT2D eigenvalue weighted by atomic mass is 35.5. The summed E-state index contributed by atoms with van der Waals surface area (Å²) in [6.45, 7) is 10.1. The van der Waals surface area contributed by atoms with E-state index in [0.29, 0.717) is 22.4 Å². The molecular formula is C36H30ClF2N8O3. The molecule has 3 heterocycles. The molecular weight excluding hydrogens is 666 g/mol. The van der Waals surface area contributed by atoms with Gasteiger partial charge >= 0.3 is 6.09 Å². The summed E-state index contributed by atoms with van der Waals surface area (Å²) in [5.74, 6) is -1.23. The predicted octanol–water partition coefficient (Wildman–Crippen LogP) is 7.18. The molecule has 1 aliphatic heterocycles. The average molecular weight is 696 g/mol. The number of aromatic nitrogens is 5. The number of nitrogens with one attached hydrogen (secondary N) is 1. The van der Waals surface area contributed by atoms with Gasteiger partial charge < -0.3 is 10.1 Å². The molecule has 1 saturated heterocycles. The second-order valence-electron chi connectivity index (χ2n) is 11.5. The zero-order valence-electron chi connectivity index (χ0n) is 26.7. The van der Waals surface area contributed by atoms with Crippen molar-refractivity contribution in [3.8, 4) is 16.9 Å². The summed E-state index contributed by atoms with van der Waals surface area (Å²) in [5, 5.41) is 7.25. The van der Waals surface area contributed by atoms with E-state index >= 15 is 0 Å². The number of carbonyl (C=O) groups is 2. The van der Waals surface area contributed by atoms with Crippen molar-refractivity contribution in [2.45, 2.75) is 38.0 Å². The fourth-order valence-electron chi connectivity index (χ4n) is 5.69. The number of alkyl halides is 2. The normalized spacial score (nSPS) is 17.2. The van der Waals surface area contributed by atoms with Gasteiger partial charge in [-0.3, -0.25) is 19.7 Å². The minimum absolute atomic E-state index is 0.0517. The van der Waals surface area contributed by atoms with Crippen LogP contribution in [0.2, 0.25) is 5.02 Å². The van der Waals surface area contributed by atoms with Crippen LogP contribution in [0.4, 0.5) is 13.6 Å².